The number of hydrogen-bond acceptors (Lipinski definition) is 3. The molecule has 1 heterocycles. The first-order chi connectivity index (χ1) is 6.70. The number of nitrogens with zero attached hydrogens (tertiary/aromatic N) is 1. The van der Waals surface area contributed by atoms with Gasteiger partial charge < -0.3 is 15.1 Å². The molecule has 72 valence electrons. The highest BCUT2D eigenvalue weighted by molar-refractivity contribution is 5.46. The molecule has 0 aromatic heterocycles. The van der Waals surface area contributed by atoms with E-state index < -0.39 is 0 Å². The predicted octanol–water partition coefficient (Wildman–Crippen LogP) is 1.05. The number of hydrogen-bond donors (Lipinski definition) is 2. The summed E-state index contributed by atoms with van der Waals surface area (Å²) < 4.78 is 0. The Kier molecular flexibility index (Phi) is 1.97. The van der Waals surface area contributed by atoms with Gasteiger partial charge in [-0.2, -0.15) is 0 Å². The smallest absolute Gasteiger partial charge is 0.157 e. The van der Waals surface area contributed by atoms with Gasteiger partial charge in [0.2, 0.25) is 0 Å². The summed E-state index contributed by atoms with van der Waals surface area (Å²) in [6.07, 6.45) is 6.11. The molecule has 0 radical (unpaired) electrons. The maximum Gasteiger partial charge on any atom is 0.157 e. The van der Waals surface area contributed by atoms with E-state index in [-0.39, 0.29) is 11.5 Å². The molecule has 0 atom stereocenters. The van der Waals surface area contributed by atoms with Crippen molar-refractivity contribution >= 4 is 0 Å². The average molecular weight is 189 g/mol. The molecule has 0 aliphatic carbocycles. The maximum absolute atomic E-state index is 9.31. The molecule has 0 unspecified atom stereocenters. The van der Waals surface area contributed by atoms with Gasteiger partial charge in [-0.3, -0.25) is 0 Å². The number of rotatable bonds is 0. The zero-order valence-corrected chi connectivity index (χ0v) is 7.70. The van der Waals surface area contributed by atoms with Gasteiger partial charge in [-0.15, -0.1) is 0 Å². The highest BCUT2D eigenvalue weighted by atomic mass is 16.3. The highest BCUT2D eigenvalue weighted by Crippen LogP contribution is 2.31. The van der Waals surface area contributed by atoms with Crippen molar-refractivity contribution < 1.29 is 10.2 Å². The largest absolute Gasteiger partial charge is 0.504 e. The fraction of sp³-hybridized carbons (Fsp3) is 0.273. The van der Waals surface area contributed by atoms with E-state index >= 15 is 0 Å². The van der Waals surface area contributed by atoms with Crippen molar-refractivity contribution in [2.45, 2.75) is 13.0 Å². The third kappa shape index (κ3) is 1.35. The molecule has 2 rings (SSSR count). The molecule has 0 saturated carbocycles. The Bertz CT molecular complexity index is 406. The molecule has 2 N–H and O–H groups in total. The van der Waals surface area contributed by atoms with Crippen molar-refractivity contribution in [3.05, 3.63) is 23.3 Å². The van der Waals surface area contributed by atoms with Crippen molar-refractivity contribution in [2.75, 3.05) is 6.54 Å². The normalized spacial score (nSPS) is 14.6. The molecule has 3 heteroatoms. The van der Waals surface area contributed by atoms with Crippen LogP contribution in [0.4, 0.5) is 0 Å². The summed E-state index contributed by atoms with van der Waals surface area (Å²) >= 11 is 0. The number of benzene rings is 1. The molecule has 1 aliphatic heterocycles. The van der Waals surface area contributed by atoms with E-state index in [0.717, 1.165) is 24.1 Å². The van der Waals surface area contributed by atoms with Gasteiger partial charge >= 0.3 is 0 Å². The number of fused-ring (bicyclic) bond motifs is 1. The minimum atomic E-state index is -0.0809. The van der Waals surface area contributed by atoms with Crippen LogP contribution in [0.25, 0.3) is 0 Å². The summed E-state index contributed by atoms with van der Waals surface area (Å²) in [6, 6.07) is 5.76. The van der Waals surface area contributed by atoms with E-state index in [2.05, 4.69) is 6.04 Å². The lowest BCUT2D eigenvalue weighted by molar-refractivity contribution is 0.365. The van der Waals surface area contributed by atoms with Crippen LogP contribution >= 0.6 is 0 Å². The monoisotopic (exact) mass is 189 g/mol. The molecule has 0 saturated heterocycles. The van der Waals surface area contributed by atoms with Gasteiger partial charge in [0.25, 0.3) is 0 Å². The third-order valence-electron chi connectivity index (χ3n) is 2.49. The van der Waals surface area contributed by atoms with Gasteiger partial charge in [0.1, 0.15) is 0 Å². The van der Waals surface area contributed by atoms with Gasteiger partial charge in [0.05, 0.1) is 6.54 Å². The Morgan fingerprint density at radius 1 is 1.21 bits per heavy atom. The summed E-state index contributed by atoms with van der Waals surface area (Å²) in [7, 11) is 0. The van der Waals surface area contributed by atoms with E-state index in [1.165, 1.54) is 0 Å². The third-order valence-corrected chi connectivity index (χ3v) is 2.49. The molecule has 3 nitrogen and oxygen atoms in total. The van der Waals surface area contributed by atoms with Gasteiger partial charge in [0.15, 0.2) is 11.5 Å². The van der Waals surface area contributed by atoms with Gasteiger partial charge in [-0.25, -0.2) is 0 Å². The Morgan fingerprint density at radius 2 is 1.86 bits per heavy atom. The topological polar surface area (TPSA) is 43.7 Å². The van der Waals surface area contributed by atoms with E-state index in [4.69, 9.17) is 6.42 Å². The standard InChI is InChI=1S/C11H11NO2/c1-2-12-4-3-8-5-10(13)11(14)6-9(8)7-12/h1,5-6,13-14H,3-4,7H2. The number of phenolic OH excluding ortho intramolecular Hbond substituents is 2. The Balaban J connectivity index is 2.39. The number of terminal acetylenes is 1. The van der Waals surface area contributed by atoms with Crippen LogP contribution in [0.1, 0.15) is 11.1 Å². The lowest BCUT2D eigenvalue weighted by Gasteiger charge is -2.25. The molecule has 14 heavy (non-hydrogen) atoms. The summed E-state index contributed by atoms with van der Waals surface area (Å²) in [5, 5.41) is 18.6. The van der Waals surface area contributed by atoms with Crippen molar-refractivity contribution in [1.29, 1.82) is 0 Å². The van der Waals surface area contributed by atoms with Gasteiger partial charge in [-0.1, -0.05) is 6.42 Å². The summed E-state index contributed by atoms with van der Waals surface area (Å²) in [4.78, 5) is 1.85. The van der Waals surface area contributed by atoms with Crippen molar-refractivity contribution in [3.8, 4) is 24.0 Å². The van der Waals surface area contributed by atoms with Crippen molar-refractivity contribution in [1.82, 2.24) is 4.90 Å². The molecular formula is C11H11NO2. The minimum absolute atomic E-state index is 0.0575. The summed E-state index contributed by atoms with van der Waals surface area (Å²) in [5.41, 5.74) is 2.05. The van der Waals surface area contributed by atoms with Crippen molar-refractivity contribution in [2.24, 2.45) is 0 Å². The van der Waals surface area contributed by atoms with Crippen LogP contribution < -0.4 is 0 Å². The van der Waals surface area contributed by atoms with Crippen LogP contribution in [0, 0.1) is 12.5 Å². The molecule has 0 fully saturated rings. The van der Waals surface area contributed by atoms with E-state index in [0.29, 0.717) is 6.54 Å². The van der Waals surface area contributed by atoms with Crippen LogP contribution in [0.2, 0.25) is 0 Å². The first-order valence-electron chi connectivity index (χ1n) is 4.45. The fourth-order valence-electron chi connectivity index (χ4n) is 1.69. The molecule has 1 aliphatic rings. The van der Waals surface area contributed by atoms with E-state index in [1.807, 2.05) is 4.90 Å². The maximum atomic E-state index is 9.31. The Labute approximate surface area is 82.6 Å². The Morgan fingerprint density at radius 3 is 2.50 bits per heavy atom. The van der Waals surface area contributed by atoms with Crippen LogP contribution in [0.3, 0.4) is 0 Å². The lowest BCUT2D eigenvalue weighted by atomic mass is 9.99. The minimum Gasteiger partial charge on any atom is -0.504 e. The summed E-state index contributed by atoms with van der Waals surface area (Å²) in [6.45, 7) is 1.44. The second-order valence-corrected chi connectivity index (χ2v) is 3.41. The fourth-order valence-corrected chi connectivity index (χ4v) is 1.69. The molecule has 1 aromatic carbocycles. The second-order valence-electron chi connectivity index (χ2n) is 3.41. The van der Waals surface area contributed by atoms with E-state index in [1.54, 1.807) is 12.1 Å². The highest BCUT2D eigenvalue weighted by Gasteiger charge is 2.16. The second kappa shape index (κ2) is 3.15. The number of aromatic hydroxyl groups is 2. The molecule has 0 bridgehead atoms. The van der Waals surface area contributed by atoms with Gasteiger partial charge in [0, 0.05) is 12.6 Å². The van der Waals surface area contributed by atoms with Crippen molar-refractivity contribution in [3.63, 3.8) is 0 Å². The number of phenols is 2. The lowest BCUT2D eigenvalue weighted by Crippen LogP contribution is -2.25. The van der Waals surface area contributed by atoms with E-state index in [9.17, 15) is 10.2 Å². The quantitative estimate of drug-likeness (QED) is 0.473. The SMILES string of the molecule is C#CN1CCc2cc(O)c(O)cc2C1. The van der Waals surface area contributed by atoms with Crippen LogP contribution in [0.5, 0.6) is 11.5 Å². The zero-order valence-electron chi connectivity index (χ0n) is 7.70. The zero-order chi connectivity index (χ0) is 10.1. The Hall–Kier alpha value is -1.82. The molecule has 1 aromatic rings. The van der Waals surface area contributed by atoms with Crippen LogP contribution in [-0.4, -0.2) is 21.7 Å². The van der Waals surface area contributed by atoms with Crippen LogP contribution in [0.15, 0.2) is 12.1 Å². The van der Waals surface area contributed by atoms with Gasteiger partial charge in [-0.05, 0) is 29.7 Å². The van der Waals surface area contributed by atoms with Crippen LogP contribution in [-0.2, 0) is 13.0 Å². The average Bonchev–Trinajstić information content (AvgIpc) is 2.19. The molecule has 0 amide bonds. The first-order valence-corrected chi connectivity index (χ1v) is 4.45. The molecular weight excluding hydrogens is 178 g/mol. The predicted molar refractivity (Wildman–Crippen MR) is 52.7 cm³/mol. The first kappa shape index (κ1) is 8.76. The summed E-state index contributed by atoms with van der Waals surface area (Å²) in [5.74, 6) is -0.138. The molecule has 0 spiro atoms.